The Hall–Kier alpha value is -2.67. The number of fused-ring (bicyclic) bond motifs is 2. The second-order valence-electron chi connectivity index (χ2n) is 7.21. The van der Waals surface area contributed by atoms with Crippen LogP contribution in [0, 0.1) is 0 Å². The summed E-state index contributed by atoms with van der Waals surface area (Å²) in [6.07, 6.45) is 4.44. The number of pyridine rings is 1. The summed E-state index contributed by atoms with van der Waals surface area (Å²) in [5, 5.41) is 1.77. The van der Waals surface area contributed by atoms with Gasteiger partial charge in [0.25, 0.3) is 0 Å². The van der Waals surface area contributed by atoms with E-state index in [0.717, 1.165) is 54.9 Å². The molecule has 2 aromatic carbocycles. The SMILES string of the molecule is NCCOc1cc(-c2ccncc2)cc2sc(C3COc4ccc(Cl)cc4C3)nc12. The van der Waals surface area contributed by atoms with Crippen molar-refractivity contribution in [3.8, 4) is 22.6 Å². The van der Waals surface area contributed by atoms with Gasteiger partial charge in [-0.05, 0) is 65.6 Å². The zero-order chi connectivity index (χ0) is 20.5. The van der Waals surface area contributed by atoms with Crippen LogP contribution in [0.1, 0.15) is 16.5 Å². The van der Waals surface area contributed by atoms with E-state index in [1.165, 1.54) is 0 Å². The van der Waals surface area contributed by atoms with Crippen molar-refractivity contribution in [1.82, 2.24) is 9.97 Å². The van der Waals surface area contributed by atoms with E-state index < -0.39 is 0 Å². The average molecular weight is 438 g/mol. The number of rotatable bonds is 5. The van der Waals surface area contributed by atoms with E-state index in [4.69, 9.17) is 31.8 Å². The Morgan fingerprint density at radius 1 is 1.13 bits per heavy atom. The van der Waals surface area contributed by atoms with Crippen LogP contribution in [0.4, 0.5) is 0 Å². The summed E-state index contributed by atoms with van der Waals surface area (Å²) in [7, 11) is 0. The summed E-state index contributed by atoms with van der Waals surface area (Å²) < 4.78 is 13.0. The van der Waals surface area contributed by atoms with Crippen LogP contribution in [-0.2, 0) is 6.42 Å². The third-order valence-corrected chi connectivity index (χ3v) is 6.54. The number of benzene rings is 2. The smallest absolute Gasteiger partial charge is 0.147 e. The largest absolute Gasteiger partial charge is 0.493 e. The van der Waals surface area contributed by atoms with Gasteiger partial charge in [-0.2, -0.15) is 0 Å². The van der Waals surface area contributed by atoms with Crippen LogP contribution in [0.25, 0.3) is 21.3 Å². The van der Waals surface area contributed by atoms with Crippen LogP contribution in [-0.4, -0.2) is 29.7 Å². The zero-order valence-corrected chi connectivity index (χ0v) is 17.7. The fourth-order valence-electron chi connectivity index (χ4n) is 3.70. The van der Waals surface area contributed by atoms with Crippen molar-refractivity contribution < 1.29 is 9.47 Å². The second kappa shape index (κ2) is 8.22. The highest BCUT2D eigenvalue weighted by molar-refractivity contribution is 7.18. The normalized spacial score (nSPS) is 15.6. The molecule has 1 atom stereocenters. The van der Waals surface area contributed by atoms with E-state index in [9.17, 15) is 0 Å². The average Bonchev–Trinajstić information content (AvgIpc) is 3.22. The first-order chi connectivity index (χ1) is 14.7. The number of nitrogens with two attached hydrogens (primary N) is 1. The maximum Gasteiger partial charge on any atom is 0.147 e. The van der Waals surface area contributed by atoms with E-state index in [-0.39, 0.29) is 5.92 Å². The molecule has 1 unspecified atom stereocenters. The van der Waals surface area contributed by atoms with E-state index in [0.29, 0.717) is 19.8 Å². The maximum absolute atomic E-state index is 6.18. The molecule has 7 heteroatoms. The van der Waals surface area contributed by atoms with Crippen molar-refractivity contribution in [3.05, 3.63) is 70.5 Å². The summed E-state index contributed by atoms with van der Waals surface area (Å²) in [4.78, 5) is 9.06. The number of hydrogen-bond acceptors (Lipinski definition) is 6. The van der Waals surface area contributed by atoms with Crippen LogP contribution >= 0.6 is 22.9 Å². The second-order valence-corrected chi connectivity index (χ2v) is 8.71. The third-order valence-electron chi connectivity index (χ3n) is 5.14. The molecule has 1 aliphatic heterocycles. The molecule has 4 aromatic rings. The van der Waals surface area contributed by atoms with E-state index >= 15 is 0 Å². The molecule has 0 spiro atoms. The van der Waals surface area contributed by atoms with Gasteiger partial charge in [0.15, 0.2) is 0 Å². The van der Waals surface area contributed by atoms with Crippen molar-refractivity contribution >= 4 is 33.2 Å². The number of halogens is 1. The molecule has 1 aliphatic rings. The molecule has 0 fully saturated rings. The molecule has 3 heterocycles. The molecule has 5 nitrogen and oxygen atoms in total. The molecule has 0 radical (unpaired) electrons. The fourth-order valence-corrected chi connectivity index (χ4v) is 5.01. The minimum Gasteiger partial charge on any atom is -0.493 e. The molecular formula is C23H20ClN3O2S. The van der Waals surface area contributed by atoms with Gasteiger partial charge in [-0.15, -0.1) is 11.3 Å². The van der Waals surface area contributed by atoms with Gasteiger partial charge in [-0.1, -0.05) is 11.6 Å². The number of aromatic nitrogens is 2. The molecular weight excluding hydrogens is 418 g/mol. The lowest BCUT2D eigenvalue weighted by molar-refractivity contribution is 0.262. The highest BCUT2D eigenvalue weighted by atomic mass is 35.5. The highest BCUT2D eigenvalue weighted by Gasteiger charge is 2.25. The van der Waals surface area contributed by atoms with Gasteiger partial charge >= 0.3 is 0 Å². The first-order valence-corrected chi connectivity index (χ1v) is 11.0. The standard InChI is InChI=1S/C23H20ClN3O2S/c24-18-1-2-19-16(10-18)9-17(13-29-19)23-27-22-20(28-8-5-25)11-15(12-21(22)30-23)14-3-6-26-7-4-14/h1-4,6-7,10-12,17H,5,8-9,13,25H2. The van der Waals surface area contributed by atoms with Crippen LogP contribution in [0.3, 0.4) is 0 Å². The number of thiazole rings is 1. The molecule has 0 saturated heterocycles. The van der Waals surface area contributed by atoms with Crippen LogP contribution < -0.4 is 15.2 Å². The summed E-state index contributed by atoms with van der Waals surface area (Å²) in [5.41, 5.74) is 9.82. The predicted molar refractivity (Wildman–Crippen MR) is 121 cm³/mol. The van der Waals surface area contributed by atoms with Gasteiger partial charge in [-0.3, -0.25) is 4.98 Å². The lowest BCUT2D eigenvalue weighted by Gasteiger charge is -2.23. The fraction of sp³-hybridized carbons (Fsp3) is 0.217. The quantitative estimate of drug-likeness (QED) is 0.472. The summed E-state index contributed by atoms with van der Waals surface area (Å²) >= 11 is 7.87. The Kier molecular flexibility index (Phi) is 5.29. The first-order valence-electron chi connectivity index (χ1n) is 9.80. The van der Waals surface area contributed by atoms with E-state index in [1.54, 1.807) is 23.7 Å². The highest BCUT2D eigenvalue weighted by Crippen LogP contribution is 2.40. The van der Waals surface area contributed by atoms with Crippen molar-refractivity contribution in [1.29, 1.82) is 0 Å². The van der Waals surface area contributed by atoms with Gasteiger partial charge in [0.1, 0.15) is 28.6 Å². The Balaban J connectivity index is 1.54. The lowest BCUT2D eigenvalue weighted by atomic mass is 9.97. The summed E-state index contributed by atoms with van der Waals surface area (Å²) in [6, 6.07) is 14.0. The molecule has 5 rings (SSSR count). The molecule has 0 saturated carbocycles. The topological polar surface area (TPSA) is 70.3 Å². The number of nitrogens with zero attached hydrogens (tertiary/aromatic N) is 2. The Morgan fingerprint density at radius 2 is 2.00 bits per heavy atom. The van der Waals surface area contributed by atoms with Gasteiger partial charge in [0, 0.05) is 29.9 Å². The zero-order valence-electron chi connectivity index (χ0n) is 16.2. The Labute approximate surface area is 183 Å². The number of hydrogen-bond donors (Lipinski definition) is 1. The van der Waals surface area contributed by atoms with Crippen molar-refractivity contribution in [2.45, 2.75) is 12.3 Å². The van der Waals surface area contributed by atoms with Gasteiger partial charge in [0.05, 0.1) is 11.3 Å². The minimum atomic E-state index is 0.181. The number of ether oxygens (including phenoxy) is 2. The van der Waals surface area contributed by atoms with Crippen LogP contribution in [0.2, 0.25) is 5.02 Å². The molecule has 2 aromatic heterocycles. The molecule has 0 bridgehead atoms. The Morgan fingerprint density at radius 3 is 2.83 bits per heavy atom. The van der Waals surface area contributed by atoms with Gasteiger partial charge in [0.2, 0.25) is 0 Å². The monoisotopic (exact) mass is 437 g/mol. The Bertz CT molecular complexity index is 1200. The van der Waals surface area contributed by atoms with Crippen molar-refractivity contribution in [2.75, 3.05) is 19.8 Å². The molecule has 0 aliphatic carbocycles. The molecule has 2 N–H and O–H groups in total. The predicted octanol–water partition coefficient (Wildman–Crippen LogP) is 5.07. The third kappa shape index (κ3) is 3.74. The van der Waals surface area contributed by atoms with E-state index in [2.05, 4.69) is 11.1 Å². The minimum absolute atomic E-state index is 0.181. The molecule has 30 heavy (non-hydrogen) atoms. The summed E-state index contributed by atoms with van der Waals surface area (Å²) in [5.74, 6) is 1.84. The van der Waals surface area contributed by atoms with Crippen LogP contribution in [0.5, 0.6) is 11.5 Å². The van der Waals surface area contributed by atoms with Gasteiger partial charge in [-0.25, -0.2) is 4.98 Å². The van der Waals surface area contributed by atoms with Crippen molar-refractivity contribution in [2.24, 2.45) is 5.73 Å². The maximum atomic E-state index is 6.18. The van der Waals surface area contributed by atoms with Crippen molar-refractivity contribution in [3.63, 3.8) is 0 Å². The van der Waals surface area contributed by atoms with Gasteiger partial charge < -0.3 is 15.2 Å². The molecule has 0 amide bonds. The summed E-state index contributed by atoms with van der Waals surface area (Å²) in [6.45, 7) is 1.50. The lowest BCUT2D eigenvalue weighted by Crippen LogP contribution is -2.19. The van der Waals surface area contributed by atoms with Crippen LogP contribution in [0.15, 0.2) is 54.9 Å². The molecule has 152 valence electrons. The van der Waals surface area contributed by atoms with E-state index in [1.807, 2.05) is 36.4 Å². The first kappa shape index (κ1) is 19.3.